The summed E-state index contributed by atoms with van der Waals surface area (Å²) in [7, 11) is 0. The summed E-state index contributed by atoms with van der Waals surface area (Å²) in [5.41, 5.74) is 5.82. The Morgan fingerprint density at radius 3 is 2.35 bits per heavy atom. The molecule has 0 saturated carbocycles. The molecule has 0 aromatic carbocycles. The molecule has 100 valence electrons. The smallest absolute Gasteiger partial charge is 0.221 e. The first kappa shape index (κ1) is 14.5. The average Bonchev–Trinajstić information content (AvgIpc) is 2.26. The monoisotopic (exact) mass is 241 g/mol. The van der Waals surface area contributed by atoms with Crippen molar-refractivity contribution in [3.05, 3.63) is 0 Å². The first-order valence-electron chi connectivity index (χ1n) is 6.98. The highest BCUT2D eigenvalue weighted by Gasteiger charge is 2.20. The second-order valence-corrected chi connectivity index (χ2v) is 4.85. The van der Waals surface area contributed by atoms with Gasteiger partial charge in [-0.25, -0.2) is 0 Å². The van der Waals surface area contributed by atoms with Crippen molar-refractivity contribution in [2.24, 2.45) is 5.73 Å². The molecule has 1 atom stereocenters. The van der Waals surface area contributed by atoms with Gasteiger partial charge in [0.25, 0.3) is 0 Å². The van der Waals surface area contributed by atoms with Crippen molar-refractivity contribution in [3.63, 3.8) is 0 Å². The van der Waals surface area contributed by atoms with Crippen LogP contribution in [0.5, 0.6) is 0 Å². The predicted octanol–water partition coefficient (Wildman–Crippen LogP) is 1.11. The molecule has 17 heavy (non-hydrogen) atoms. The molecule has 1 heterocycles. The van der Waals surface area contributed by atoms with Crippen LogP contribution in [0, 0.1) is 0 Å². The summed E-state index contributed by atoms with van der Waals surface area (Å²) >= 11 is 0. The highest BCUT2D eigenvalue weighted by atomic mass is 16.1. The summed E-state index contributed by atoms with van der Waals surface area (Å²) in [6.07, 6.45) is 7.02. The Morgan fingerprint density at radius 2 is 1.82 bits per heavy atom. The van der Waals surface area contributed by atoms with Crippen molar-refractivity contribution < 1.29 is 4.79 Å². The van der Waals surface area contributed by atoms with Gasteiger partial charge in [-0.05, 0) is 32.9 Å². The number of hydrogen-bond donors (Lipinski definition) is 2. The fourth-order valence-corrected chi connectivity index (χ4v) is 2.48. The SMILES string of the molecule is CCNC(=O)CC(CN)N1CCCCCCC1. The van der Waals surface area contributed by atoms with Crippen LogP contribution in [0.1, 0.15) is 45.4 Å². The standard InChI is InChI=1S/C13H27N3O/c1-2-15-13(17)10-12(11-14)16-8-6-4-3-5-7-9-16/h12H,2-11,14H2,1H3,(H,15,17). The lowest BCUT2D eigenvalue weighted by molar-refractivity contribution is -0.122. The van der Waals surface area contributed by atoms with Gasteiger partial charge in [-0.1, -0.05) is 19.3 Å². The molecule has 0 bridgehead atoms. The van der Waals surface area contributed by atoms with E-state index in [-0.39, 0.29) is 11.9 Å². The zero-order valence-corrected chi connectivity index (χ0v) is 11.1. The molecule has 1 amide bonds. The maximum Gasteiger partial charge on any atom is 0.221 e. The topological polar surface area (TPSA) is 58.4 Å². The van der Waals surface area contributed by atoms with Gasteiger partial charge in [0.05, 0.1) is 0 Å². The second kappa shape index (κ2) is 8.48. The van der Waals surface area contributed by atoms with Crippen molar-refractivity contribution in [2.45, 2.75) is 51.5 Å². The van der Waals surface area contributed by atoms with Crippen LogP contribution in [0.3, 0.4) is 0 Å². The number of rotatable bonds is 5. The molecule has 1 unspecified atom stereocenters. The minimum atomic E-state index is 0.130. The summed E-state index contributed by atoms with van der Waals surface area (Å²) < 4.78 is 0. The number of nitrogens with zero attached hydrogens (tertiary/aromatic N) is 1. The summed E-state index contributed by atoms with van der Waals surface area (Å²) in [6, 6.07) is 0.222. The number of carbonyl (C=O) groups excluding carboxylic acids is 1. The van der Waals surface area contributed by atoms with Crippen LogP contribution < -0.4 is 11.1 Å². The summed E-state index contributed by atoms with van der Waals surface area (Å²) in [5, 5.41) is 2.86. The lowest BCUT2D eigenvalue weighted by Crippen LogP contribution is -2.45. The first-order valence-corrected chi connectivity index (χ1v) is 6.98. The third-order valence-corrected chi connectivity index (χ3v) is 3.47. The van der Waals surface area contributed by atoms with E-state index in [1.807, 2.05) is 6.92 Å². The van der Waals surface area contributed by atoms with Gasteiger partial charge in [-0.2, -0.15) is 0 Å². The molecule has 4 nitrogen and oxygen atoms in total. The highest BCUT2D eigenvalue weighted by molar-refractivity contribution is 5.76. The number of nitrogens with one attached hydrogen (secondary N) is 1. The van der Waals surface area contributed by atoms with E-state index in [1.165, 1.54) is 32.1 Å². The fraction of sp³-hybridized carbons (Fsp3) is 0.923. The van der Waals surface area contributed by atoms with Gasteiger partial charge in [-0.3, -0.25) is 9.69 Å². The summed E-state index contributed by atoms with van der Waals surface area (Å²) in [5.74, 6) is 0.130. The van der Waals surface area contributed by atoms with E-state index in [0.29, 0.717) is 19.5 Å². The van der Waals surface area contributed by atoms with Crippen molar-refractivity contribution in [1.82, 2.24) is 10.2 Å². The number of likely N-dealkylation sites (tertiary alicyclic amines) is 1. The largest absolute Gasteiger partial charge is 0.356 e. The molecule has 0 aromatic rings. The predicted molar refractivity (Wildman–Crippen MR) is 70.8 cm³/mol. The van der Waals surface area contributed by atoms with Crippen molar-refractivity contribution in [1.29, 1.82) is 0 Å². The number of hydrogen-bond acceptors (Lipinski definition) is 3. The Hall–Kier alpha value is -0.610. The van der Waals surface area contributed by atoms with Crippen LogP contribution in [0.2, 0.25) is 0 Å². The summed E-state index contributed by atoms with van der Waals surface area (Å²) in [6.45, 7) is 5.43. The van der Waals surface area contributed by atoms with Gasteiger partial charge < -0.3 is 11.1 Å². The molecule has 4 heteroatoms. The van der Waals surface area contributed by atoms with Gasteiger partial charge in [-0.15, -0.1) is 0 Å². The lowest BCUT2D eigenvalue weighted by Gasteiger charge is -2.31. The molecule has 0 spiro atoms. The number of nitrogens with two attached hydrogens (primary N) is 1. The minimum absolute atomic E-state index is 0.130. The molecule has 3 N–H and O–H groups in total. The van der Waals surface area contributed by atoms with Gasteiger partial charge in [0.2, 0.25) is 5.91 Å². The first-order chi connectivity index (χ1) is 8.27. The Balaban J connectivity index is 2.42. The normalized spacial score (nSPS) is 20.4. The van der Waals surface area contributed by atoms with Gasteiger partial charge >= 0.3 is 0 Å². The van der Waals surface area contributed by atoms with Crippen LogP contribution in [-0.2, 0) is 4.79 Å². The Kier molecular flexibility index (Phi) is 7.21. The van der Waals surface area contributed by atoms with E-state index in [2.05, 4.69) is 10.2 Å². The Morgan fingerprint density at radius 1 is 1.24 bits per heavy atom. The second-order valence-electron chi connectivity index (χ2n) is 4.85. The molecule has 1 saturated heterocycles. The fourth-order valence-electron chi connectivity index (χ4n) is 2.48. The molecule has 0 radical (unpaired) electrons. The average molecular weight is 241 g/mol. The van der Waals surface area contributed by atoms with Crippen LogP contribution in [0.4, 0.5) is 0 Å². The molecular formula is C13H27N3O. The van der Waals surface area contributed by atoms with E-state index in [1.54, 1.807) is 0 Å². The molecule has 0 aliphatic carbocycles. The zero-order chi connectivity index (χ0) is 12.5. The van der Waals surface area contributed by atoms with E-state index in [4.69, 9.17) is 5.73 Å². The van der Waals surface area contributed by atoms with Crippen molar-refractivity contribution in [2.75, 3.05) is 26.2 Å². The minimum Gasteiger partial charge on any atom is -0.356 e. The molecule has 1 aliphatic rings. The molecule has 1 aliphatic heterocycles. The number of amides is 1. The zero-order valence-electron chi connectivity index (χ0n) is 11.1. The lowest BCUT2D eigenvalue weighted by atomic mass is 10.1. The van der Waals surface area contributed by atoms with Crippen molar-refractivity contribution >= 4 is 5.91 Å². The molecule has 0 aromatic heterocycles. The highest BCUT2D eigenvalue weighted by Crippen LogP contribution is 2.14. The van der Waals surface area contributed by atoms with Crippen molar-refractivity contribution in [3.8, 4) is 0 Å². The maximum atomic E-state index is 11.6. The third kappa shape index (κ3) is 5.50. The Labute approximate surface area is 105 Å². The Bertz CT molecular complexity index is 213. The quantitative estimate of drug-likeness (QED) is 0.758. The van der Waals surface area contributed by atoms with Gasteiger partial charge in [0.1, 0.15) is 0 Å². The summed E-state index contributed by atoms with van der Waals surface area (Å²) in [4.78, 5) is 14.0. The van der Waals surface area contributed by atoms with E-state index in [0.717, 1.165) is 13.1 Å². The van der Waals surface area contributed by atoms with Crippen LogP contribution in [0.25, 0.3) is 0 Å². The maximum absolute atomic E-state index is 11.6. The molecule has 1 rings (SSSR count). The van der Waals surface area contributed by atoms with E-state index in [9.17, 15) is 4.79 Å². The van der Waals surface area contributed by atoms with Gasteiger partial charge in [0, 0.05) is 25.6 Å². The molecular weight excluding hydrogens is 214 g/mol. The van der Waals surface area contributed by atoms with Crippen LogP contribution in [0.15, 0.2) is 0 Å². The third-order valence-electron chi connectivity index (χ3n) is 3.47. The number of carbonyl (C=O) groups is 1. The van der Waals surface area contributed by atoms with Crippen LogP contribution >= 0.6 is 0 Å². The van der Waals surface area contributed by atoms with E-state index < -0.39 is 0 Å². The van der Waals surface area contributed by atoms with E-state index >= 15 is 0 Å². The van der Waals surface area contributed by atoms with Gasteiger partial charge in [0.15, 0.2) is 0 Å². The molecule has 1 fully saturated rings. The van der Waals surface area contributed by atoms with Crippen LogP contribution in [-0.4, -0.2) is 43.0 Å².